The van der Waals surface area contributed by atoms with Crippen molar-refractivity contribution in [3.8, 4) is 11.5 Å². The quantitative estimate of drug-likeness (QED) is 0.359. The molecule has 1 amide bonds. The summed E-state index contributed by atoms with van der Waals surface area (Å²) in [7, 11) is 5.34. The van der Waals surface area contributed by atoms with Gasteiger partial charge in [0, 0.05) is 13.1 Å². The average molecular weight is 467 g/mol. The molecule has 2 aromatic carbocycles. The van der Waals surface area contributed by atoms with E-state index in [2.05, 4.69) is 0 Å². The number of amides is 1. The SMILES string of the molecule is COc1c(C)cc(C)cc1/C(O)=C1\C(=O)C(=O)N(CCN(C)C)C1c1ccc(OC(C)C)cc1. The van der Waals surface area contributed by atoms with Crippen molar-refractivity contribution in [1.29, 1.82) is 0 Å². The van der Waals surface area contributed by atoms with Gasteiger partial charge in [0.1, 0.15) is 17.3 Å². The predicted molar refractivity (Wildman–Crippen MR) is 132 cm³/mol. The van der Waals surface area contributed by atoms with E-state index in [1.165, 1.54) is 12.0 Å². The van der Waals surface area contributed by atoms with E-state index >= 15 is 0 Å². The minimum atomic E-state index is -0.724. The molecule has 7 nitrogen and oxygen atoms in total. The maximum Gasteiger partial charge on any atom is 0.295 e. The van der Waals surface area contributed by atoms with Crippen molar-refractivity contribution in [2.45, 2.75) is 39.8 Å². The largest absolute Gasteiger partial charge is 0.507 e. The van der Waals surface area contributed by atoms with Crippen molar-refractivity contribution in [2.75, 3.05) is 34.3 Å². The number of hydrogen-bond donors (Lipinski definition) is 1. The normalized spacial score (nSPS) is 17.7. The number of hydrogen-bond acceptors (Lipinski definition) is 6. The molecule has 1 heterocycles. The lowest BCUT2D eigenvalue weighted by Gasteiger charge is -2.27. The molecular weight excluding hydrogens is 432 g/mol. The maximum absolute atomic E-state index is 13.3. The average Bonchev–Trinajstić information content (AvgIpc) is 3.01. The molecule has 1 aliphatic heterocycles. The van der Waals surface area contributed by atoms with Gasteiger partial charge in [-0.25, -0.2) is 0 Å². The van der Waals surface area contributed by atoms with Crippen molar-refractivity contribution in [2.24, 2.45) is 0 Å². The van der Waals surface area contributed by atoms with Gasteiger partial charge in [0.25, 0.3) is 11.7 Å². The smallest absolute Gasteiger partial charge is 0.295 e. The Morgan fingerprint density at radius 3 is 2.32 bits per heavy atom. The van der Waals surface area contributed by atoms with Crippen LogP contribution in [0.5, 0.6) is 11.5 Å². The molecule has 0 aliphatic carbocycles. The van der Waals surface area contributed by atoms with Gasteiger partial charge in [-0.1, -0.05) is 18.2 Å². The number of aliphatic hydroxyl groups is 1. The molecule has 0 spiro atoms. The Kier molecular flexibility index (Phi) is 7.67. The predicted octanol–water partition coefficient (Wildman–Crippen LogP) is 4.08. The van der Waals surface area contributed by atoms with Crippen molar-refractivity contribution in [3.05, 3.63) is 64.2 Å². The second-order valence-corrected chi connectivity index (χ2v) is 9.19. The lowest BCUT2D eigenvalue weighted by molar-refractivity contribution is -0.140. The van der Waals surface area contributed by atoms with Crippen LogP contribution in [0.4, 0.5) is 0 Å². The number of Topliss-reactive ketones (excluding diaryl/α,β-unsaturated/α-hetero) is 1. The standard InChI is InChI=1S/C27H34N2O5/c1-16(2)34-20-10-8-19(9-11-20)23-22(25(31)27(32)29(23)13-12-28(5)6)24(30)21-15-17(3)14-18(4)26(21)33-7/h8-11,14-16,23,30H,12-13H2,1-7H3/b24-22+. The monoisotopic (exact) mass is 466 g/mol. The highest BCUT2D eigenvalue weighted by Crippen LogP contribution is 2.42. The number of aryl methyl sites for hydroxylation is 2. The molecule has 0 aromatic heterocycles. The van der Waals surface area contributed by atoms with E-state index in [-0.39, 0.29) is 17.4 Å². The van der Waals surface area contributed by atoms with Crippen molar-refractivity contribution >= 4 is 17.4 Å². The molecule has 1 aliphatic rings. The summed E-state index contributed by atoms with van der Waals surface area (Å²) in [6.45, 7) is 8.59. The minimum Gasteiger partial charge on any atom is -0.507 e. The molecule has 0 bridgehead atoms. The lowest BCUT2D eigenvalue weighted by atomic mass is 9.93. The Bertz CT molecular complexity index is 1100. The number of methoxy groups -OCH3 is 1. The fourth-order valence-corrected chi connectivity index (χ4v) is 4.31. The summed E-state index contributed by atoms with van der Waals surface area (Å²) < 4.78 is 11.3. The number of carbonyl (C=O) groups is 2. The molecule has 1 saturated heterocycles. The lowest BCUT2D eigenvalue weighted by Crippen LogP contribution is -2.35. The zero-order chi connectivity index (χ0) is 25.2. The molecule has 1 unspecified atom stereocenters. The summed E-state index contributed by atoms with van der Waals surface area (Å²) in [6.07, 6.45) is 0.0219. The van der Waals surface area contributed by atoms with Gasteiger partial charge in [-0.2, -0.15) is 0 Å². The van der Waals surface area contributed by atoms with Gasteiger partial charge < -0.3 is 24.4 Å². The van der Waals surface area contributed by atoms with Crippen LogP contribution in [0.3, 0.4) is 0 Å². The van der Waals surface area contributed by atoms with Gasteiger partial charge in [0.05, 0.1) is 30.4 Å². The van der Waals surface area contributed by atoms with Crippen LogP contribution in [0.25, 0.3) is 5.76 Å². The van der Waals surface area contributed by atoms with Gasteiger partial charge in [-0.3, -0.25) is 9.59 Å². The summed E-state index contributed by atoms with van der Waals surface area (Å²) in [5, 5.41) is 11.4. The molecular formula is C27H34N2O5. The summed E-state index contributed by atoms with van der Waals surface area (Å²) in [5.41, 5.74) is 2.92. The zero-order valence-corrected chi connectivity index (χ0v) is 21.0. The van der Waals surface area contributed by atoms with E-state index in [4.69, 9.17) is 9.47 Å². The second kappa shape index (κ2) is 10.3. The Labute approximate surface area is 201 Å². The van der Waals surface area contributed by atoms with E-state index in [1.807, 2.05) is 77.0 Å². The van der Waals surface area contributed by atoms with E-state index in [1.54, 1.807) is 6.07 Å². The Balaban J connectivity index is 2.19. The zero-order valence-electron chi connectivity index (χ0n) is 21.0. The number of benzene rings is 2. The van der Waals surface area contributed by atoms with Crippen LogP contribution < -0.4 is 9.47 Å². The van der Waals surface area contributed by atoms with Crippen LogP contribution >= 0.6 is 0 Å². The summed E-state index contributed by atoms with van der Waals surface area (Å²) in [5.74, 6) is -0.395. The first-order chi connectivity index (χ1) is 16.0. The highest BCUT2D eigenvalue weighted by Gasteiger charge is 2.46. The van der Waals surface area contributed by atoms with Crippen molar-refractivity contribution in [3.63, 3.8) is 0 Å². The van der Waals surface area contributed by atoms with Crippen LogP contribution in [0.2, 0.25) is 0 Å². The molecule has 7 heteroatoms. The number of nitrogens with zero attached hydrogens (tertiary/aromatic N) is 2. The van der Waals surface area contributed by atoms with Crippen LogP contribution in [-0.2, 0) is 9.59 Å². The molecule has 3 rings (SSSR count). The van der Waals surface area contributed by atoms with Gasteiger partial charge >= 0.3 is 0 Å². The second-order valence-electron chi connectivity index (χ2n) is 9.19. The number of likely N-dealkylation sites (tertiary alicyclic amines) is 1. The fourth-order valence-electron chi connectivity index (χ4n) is 4.31. The maximum atomic E-state index is 13.3. The molecule has 0 saturated carbocycles. The van der Waals surface area contributed by atoms with Crippen molar-refractivity contribution < 1.29 is 24.2 Å². The first kappa shape index (κ1) is 25.3. The Morgan fingerprint density at radius 2 is 1.76 bits per heavy atom. The third-order valence-corrected chi connectivity index (χ3v) is 5.77. The highest BCUT2D eigenvalue weighted by atomic mass is 16.5. The summed E-state index contributed by atoms with van der Waals surface area (Å²) >= 11 is 0. The number of likely N-dealkylation sites (N-methyl/N-ethyl adjacent to an activating group) is 1. The van der Waals surface area contributed by atoms with Gasteiger partial charge in [0.2, 0.25) is 0 Å². The topological polar surface area (TPSA) is 79.3 Å². The van der Waals surface area contributed by atoms with Crippen LogP contribution in [0.1, 0.15) is 42.1 Å². The third kappa shape index (κ3) is 5.09. The molecule has 1 fully saturated rings. The van der Waals surface area contributed by atoms with Crippen LogP contribution in [0.15, 0.2) is 42.0 Å². The number of ketones is 1. The molecule has 1 N–H and O–H groups in total. The first-order valence-corrected chi connectivity index (χ1v) is 11.4. The van der Waals surface area contributed by atoms with E-state index in [9.17, 15) is 14.7 Å². The van der Waals surface area contributed by atoms with Crippen LogP contribution in [-0.4, -0.2) is 67.0 Å². The van der Waals surface area contributed by atoms with E-state index in [0.29, 0.717) is 30.2 Å². The molecule has 2 aromatic rings. The Hall–Kier alpha value is -3.32. The Morgan fingerprint density at radius 1 is 1.12 bits per heavy atom. The van der Waals surface area contributed by atoms with Gasteiger partial charge in [-0.15, -0.1) is 0 Å². The van der Waals surface area contributed by atoms with E-state index in [0.717, 1.165) is 16.7 Å². The summed E-state index contributed by atoms with van der Waals surface area (Å²) in [6, 6.07) is 10.3. The summed E-state index contributed by atoms with van der Waals surface area (Å²) in [4.78, 5) is 29.8. The molecule has 1 atom stereocenters. The third-order valence-electron chi connectivity index (χ3n) is 5.77. The van der Waals surface area contributed by atoms with Crippen LogP contribution in [0, 0.1) is 13.8 Å². The molecule has 34 heavy (non-hydrogen) atoms. The van der Waals surface area contributed by atoms with Gasteiger partial charge in [0.15, 0.2) is 0 Å². The number of ether oxygens (including phenoxy) is 2. The van der Waals surface area contributed by atoms with E-state index < -0.39 is 17.7 Å². The minimum absolute atomic E-state index is 0.0219. The molecule has 182 valence electrons. The number of aliphatic hydroxyl groups excluding tert-OH is 1. The van der Waals surface area contributed by atoms with Crippen molar-refractivity contribution in [1.82, 2.24) is 9.80 Å². The number of carbonyl (C=O) groups excluding carboxylic acids is 2. The first-order valence-electron chi connectivity index (χ1n) is 11.4. The number of rotatable bonds is 8. The molecule has 0 radical (unpaired) electrons. The van der Waals surface area contributed by atoms with Gasteiger partial charge in [-0.05, 0) is 76.7 Å². The highest BCUT2D eigenvalue weighted by molar-refractivity contribution is 6.46. The fraction of sp³-hybridized carbons (Fsp3) is 0.407.